The summed E-state index contributed by atoms with van der Waals surface area (Å²) in [5.74, 6) is 0.416. The lowest BCUT2D eigenvalue weighted by atomic mass is 10.1. The Morgan fingerprint density at radius 1 is 1.67 bits per heavy atom. The first kappa shape index (κ1) is 10.2. The largest absolute Gasteiger partial charge is 0.396 e. The van der Waals surface area contributed by atoms with Crippen LogP contribution < -0.4 is 0 Å². The van der Waals surface area contributed by atoms with Gasteiger partial charge in [0.2, 0.25) is 0 Å². The zero-order valence-electron chi connectivity index (χ0n) is 7.09. The van der Waals surface area contributed by atoms with Crippen LogP contribution in [-0.2, 0) is 6.42 Å². The monoisotopic (exact) mass is 248 g/mol. The number of aliphatic hydroxyl groups is 1. The minimum absolute atomic E-state index is 0.295. The molecule has 68 valence electrons. The van der Waals surface area contributed by atoms with Crippen molar-refractivity contribution in [2.45, 2.75) is 19.8 Å². The van der Waals surface area contributed by atoms with Crippen LogP contribution in [0.15, 0.2) is 15.9 Å². The van der Waals surface area contributed by atoms with Crippen molar-refractivity contribution in [3.63, 3.8) is 0 Å². The second-order valence-corrected chi connectivity index (χ2v) is 4.87. The third-order valence-corrected chi connectivity index (χ3v) is 3.85. The molecule has 1 nitrogen and oxygen atoms in total. The molecule has 0 aliphatic carbocycles. The van der Waals surface area contributed by atoms with E-state index in [1.807, 2.05) is 0 Å². The van der Waals surface area contributed by atoms with Crippen LogP contribution in [0.5, 0.6) is 0 Å². The molecule has 3 heteroatoms. The predicted molar refractivity (Wildman–Crippen MR) is 56.6 cm³/mol. The molecule has 1 atom stereocenters. The van der Waals surface area contributed by atoms with Gasteiger partial charge in [0.15, 0.2) is 0 Å². The zero-order valence-corrected chi connectivity index (χ0v) is 9.49. The minimum atomic E-state index is 0.295. The van der Waals surface area contributed by atoms with E-state index in [1.165, 1.54) is 9.35 Å². The van der Waals surface area contributed by atoms with Crippen molar-refractivity contribution in [2.75, 3.05) is 6.61 Å². The number of rotatable bonds is 4. The summed E-state index contributed by atoms with van der Waals surface area (Å²) >= 11 is 5.26. The van der Waals surface area contributed by atoms with E-state index in [1.54, 1.807) is 11.3 Å². The van der Waals surface area contributed by atoms with Crippen molar-refractivity contribution < 1.29 is 5.11 Å². The lowest BCUT2D eigenvalue weighted by molar-refractivity contribution is 0.231. The Bertz CT molecular complexity index is 234. The highest BCUT2D eigenvalue weighted by atomic mass is 79.9. The third-order valence-electron chi connectivity index (χ3n) is 1.87. The SMILES string of the molecule is CC(CO)CCc1sccc1Br. The van der Waals surface area contributed by atoms with Crippen LogP contribution in [0.3, 0.4) is 0 Å². The lowest BCUT2D eigenvalue weighted by Gasteiger charge is -2.05. The lowest BCUT2D eigenvalue weighted by Crippen LogP contribution is -2.01. The van der Waals surface area contributed by atoms with E-state index in [0.717, 1.165) is 12.8 Å². The van der Waals surface area contributed by atoms with Crippen molar-refractivity contribution >= 4 is 27.3 Å². The fraction of sp³-hybridized carbons (Fsp3) is 0.556. The van der Waals surface area contributed by atoms with Crippen molar-refractivity contribution in [1.29, 1.82) is 0 Å². The number of thiophene rings is 1. The molecule has 1 heterocycles. The Hall–Kier alpha value is 0.140. The first-order valence-corrected chi connectivity index (χ1v) is 5.74. The summed E-state index contributed by atoms with van der Waals surface area (Å²) < 4.78 is 1.21. The molecule has 0 bridgehead atoms. The van der Waals surface area contributed by atoms with Crippen molar-refractivity contribution in [3.05, 3.63) is 20.8 Å². The number of halogens is 1. The third kappa shape index (κ3) is 2.88. The van der Waals surface area contributed by atoms with Gasteiger partial charge < -0.3 is 5.11 Å². The zero-order chi connectivity index (χ0) is 8.97. The normalized spacial score (nSPS) is 13.2. The van der Waals surface area contributed by atoms with Gasteiger partial charge in [-0.2, -0.15) is 0 Å². The number of hydrogen-bond acceptors (Lipinski definition) is 2. The van der Waals surface area contributed by atoms with Gasteiger partial charge in [-0.15, -0.1) is 11.3 Å². The Labute approximate surface area is 85.6 Å². The smallest absolute Gasteiger partial charge is 0.0456 e. The molecule has 0 radical (unpaired) electrons. The molecule has 0 saturated carbocycles. The van der Waals surface area contributed by atoms with Gasteiger partial charge in [-0.05, 0) is 46.1 Å². The van der Waals surface area contributed by atoms with E-state index in [9.17, 15) is 0 Å². The van der Waals surface area contributed by atoms with Crippen molar-refractivity contribution in [2.24, 2.45) is 5.92 Å². The summed E-state index contributed by atoms with van der Waals surface area (Å²) in [5.41, 5.74) is 0. The fourth-order valence-corrected chi connectivity index (χ4v) is 2.54. The average molecular weight is 249 g/mol. The summed E-state index contributed by atoms with van der Waals surface area (Å²) in [5, 5.41) is 10.9. The van der Waals surface area contributed by atoms with Crippen LogP contribution in [0, 0.1) is 5.92 Å². The fourth-order valence-electron chi connectivity index (χ4n) is 0.972. The summed E-state index contributed by atoms with van der Waals surface area (Å²) in [6, 6.07) is 2.07. The second-order valence-electron chi connectivity index (χ2n) is 3.02. The molecule has 0 aromatic carbocycles. The highest BCUT2D eigenvalue weighted by Gasteiger charge is 2.04. The van der Waals surface area contributed by atoms with Gasteiger partial charge in [0.1, 0.15) is 0 Å². The predicted octanol–water partition coefficient (Wildman–Crippen LogP) is 3.07. The van der Waals surface area contributed by atoms with Crippen molar-refractivity contribution in [1.82, 2.24) is 0 Å². The number of hydrogen-bond donors (Lipinski definition) is 1. The van der Waals surface area contributed by atoms with Gasteiger partial charge in [-0.3, -0.25) is 0 Å². The summed E-state index contributed by atoms with van der Waals surface area (Å²) in [4.78, 5) is 1.38. The molecule has 0 saturated heterocycles. The molecule has 1 N–H and O–H groups in total. The van der Waals surface area contributed by atoms with Gasteiger partial charge in [0.25, 0.3) is 0 Å². The molecule has 1 aromatic rings. The summed E-state index contributed by atoms with van der Waals surface area (Å²) in [6.45, 7) is 2.37. The van der Waals surface area contributed by atoms with Gasteiger partial charge in [0, 0.05) is 16.0 Å². The average Bonchev–Trinajstić information content (AvgIpc) is 2.47. The molecule has 1 aromatic heterocycles. The Morgan fingerprint density at radius 2 is 2.42 bits per heavy atom. The maximum Gasteiger partial charge on any atom is 0.0456 e. The minimum Gasteiger partial charge on any atom is -0.396 e. The molecule has 1 unspecified atom stereocenters. The Morgan fingerprint density at radius 3 is 2.92 bits per heavy atom. The van der Waals surface area contributed by atoms with Crippen molar-refractivity contribution in [3.8, 4) is 0 Å². The van der Waals surface area contributed by atoms with Crippen LogP contribution >= 0.6 is 27.3 Å². The van der Waals surface area contributed by atoms with E-state index in [4.69, 9.17) is 5.11 Å². The highest BCUT2D eigenvalue weighted by Crippen LogP contribution is 2.24. The van der Waals surface area contributed by atoms with Crippen LogP contribution in [0.4, 0.5) is 0 Å². The van der Waals surface area contributed by atoms with Gasteiger partial charge in [-0.1, -0.05) is 6.92 Å². The first-order valence-electron chi connectivity index (χ1n) is 4.06. The molecule has 0 amide bonds. The summed E-state index contributed by atoms with van der Waals surface area (Å²) in [6.07, 6.45) is 2.13. The van der Waals surface area contributed by atoms with E-state index >= 15 is 0 Å². The Kier molecular flexibility index (Phi) is 4.26. The quantitative estimate of drug-likeness (QED) is 0.869. The number of aliphatic hydroxyl groups excluding tert-OH is 1. The number of aryl methyl sites for hydroxylation is 1. The molecule has 0 aliphatic rings. The van der Waals surface area contributed by atoms with E-state index in [0.29, 0.717) is 12.5 Å². The first-order chi connectivity index (χ1) is 5.74. The van der Waals surface area contributed by atoms with Crippen LogP contribution in [0.25, 0.3) is 0 Å². The van der Waals surface area contributed by atoms with Crippen LogP contribution in [-0.4, -0.2) is 11.7 Å². The highest BCUT2D eigenvalue weighted by molar-refractivity contribution is 9.10. The molecule has 12 heavy (non-hydrogen) atoms. The standard InChI is InChI=1S/C9H13BrOS/c1-7(6-11)2-3-9-8(10)4-5-12-9/h4-5,7,11H,2-3,6H2,1H3. The van der Waals surface area contributed by atoms with Gasteiger partial charge in [-0.25, -0.2) is 0 Å². The Balaban J connectivity index is 2.38. The van der Waals surface area contributed by atoms with Crippen LogP contribution in [0.1, 0.15) is 18.2 Å². The maximum atomic E-state index is 8.82. The molecule has 0 aliphatic heterocycles. The topological polar surface area (TPSA) is 20.2 Å². The van der Waals surface area contributed by atoms with Gasteiger partial charge in [0.05, 0.1) is 0 Å². The molecule has 0 spiro atoms. The van der Waals surface area contributed by atoms with E-state index < -0.39 is 0 Å². The van der Waals surface area contributed by atoms with E-state index in [-0.39, 0.29) is 0 Å². The molecular formula is C9H13BrOS. The van der Waals surface area contributed by atoms with E-state index in [2.05, 4.69) is 34.3 Å². The summed E-state index contributed by atoms with van der Waals surface area (Å²) in [7, 11) is 0. The maximum absolute atomic E-state index is 8.82. The second kappa shape index (κ2) is 5.00. The molecular weight excluding hydrogens is 236 g/mol. The molecule has 0 fully saturated rings. The molecule has 1 rings (SSSR count). The van der Waals surface area contributed by atoms with Crippen LogP contribution in [0.2, 0.25) is 0 Å². The van der Waals surface area contributed by atoms with Gasteiger partial charge >= 0.3 is 0 Å².